The fraction of sp³-hybridized carbons (Fsp3) is 0.625. The molecule has 1 fully saturated rings. The highest BCUT2D eigenvalue weighted by Crippen LogP contribution is 2.44. The minimum Gasteiger partial charge on any atom is -0.296 e. The lowest BCUT2D eigenvalue weighted by Gasteiger charge is -2.46. The van der Waals surface area contributed by atoms with Crippen molar-refractivity contribution >= 4 is 0 Å². The van der Waals surface area contributed by atoms with Gasteiger partial charge in [0.1, 0.15) is 5.82 Å². The standard InChI is InChI=1S/C16H26FN3/c1-3-20(4-2)16(11-5-6-12-16)15(19-18)13-7-9-14(17)10-8-13/h7-10,15,19H,3-6,11-12,18H2,1-2H3. The van der Waals surface area contributed by atoms with Crippen molar-refractivity contribution in [3.8, 4) is 0 Å². The first-order chi connectivity index (χ1) is 9.67. The van der Waals surface area contributed by atoms with Gasteiger partial charge in [-0.05, 0) is 43.6 Å². The third-order valence-electron chi connectivity index (χ3n) is 4.77. The molecule has 1 saturated carbocycles. The van der Waals surface area contributed by atoms with Gasteiger partial charge in [0.15, 0.2) is 0 Å². The molecule has 0 spiro atoms. The van der Waals surface area contributed by atoms with Crippen LogP contribution in [0.15, 0.2) is 24.3 Å². The van der Waals surface area contributed by atoms with E-state index in [-0.39, 0.29) is 17.4 Å². The van der Waals surface area contributed by atoms with Crippen LogP contribution in [0.5, 0.6) is 0 Å². The summed E-state index contributed by atoms with van der Waals surface area (Å²) in [5, 5.41) is 0. The van der Waals surface area contributed by atoms with Crippen LogP contribution in [0.3, 0.4) is 0 Å². The van der Waals surface area contributed by atoms with Crippen molar-refractivity contribution in [2.45, 2.75) is 51.1 Å². The molecule has 0 amide bonds. The molecular weight excluding hydrogens is 253 g/mol. The lowest BCUT2D eigenvalue weighted by atomic mass is 9.82. The lowest BCUT2D eigenvalue weighted by Crippen LogP contribution is -2.56. The van der Waals surface area contributed by atoms with Gasteiger partial charge in [-0.15, -0.1) is 0 Å². The van der Waals surface area contributed by atoms with Crippen LogP contribution in [0.4, 0.5) is 4.39 Å². The van der Waals surface area contributed by atoms with Crippen molar-refractivity contribution in [1.29, 1.82) is 0 Å². The highest BCUT2D eigenvalue weighted by Gasteiger charge is 2.45. The summed E-state index contributed by atoms with van der Waals surface area (Å²) in [5.74, 6) is 5.68. The van der Waals surface area contributed by atoms with Gasteiger partial charge in [-0.25, -0.2) is 4.39 Å². The summed E-state index contributed by atoms with van der Waals surface area (Å²) in [6, 6.07) is 6.78. The summed E-state index contributed by atoms with van der Waals surface area (Å²) in [5.41, 5.74) is 4.13. The molecule has 1 aliphatic rings. The van der Waals surface area contributed by atoms with Gasteiger partial charge in [0.05, 0.1) is 6.04 Å². The first kappa shape index (κ1) is 15.4. The maximum absolute atomic E-state index is 13.2. The Morgan fingerprint density at radius 3 is 2.20 bits per heavy atom. The number of likely N-dealkylation sites (N-methyl/N-ethyl adjacent to an activating group) is 1. The van der Waals surface area contributed by atoms with Crippen LogP contribution >= 0.6 is 0 Å². The van der Waals surface area contributed by atoms with E-state index in [1.807, 2.05) is 12.1 Å². The zero-order valence-corrected chi connectivity index (χ0v) is 12.5. The zero-order valence-electron chi connectivity index (χ0n) is 12.5. The van der Waals surface area contributed by atoms with Crippen LogP contribution in [0.25, 0.3) is 0 Å². The second kappa shape index (κ2) is 6.66. The number of hydrazine groups is 1. The number of rotatable bonds is 6. The molecule has 0 aliphatic heterocycles. The van der Waals surface area contributed by atoms with Gasteiger partial charge in [-0.3, -0.25) is 16.2 Å². The average Bonchev–Trinajstić information content (AvgIpc) is 2.93. The van der Waals surface area contributed by atoms with Crippen LogP contribution in [0.2, 0.25) is 0 Å². The van der Waals surface area contributed by atoms with Gasteiger partial charge in [0.2, 0.25) is 0 Å². The number of nitrogens with zero attached hydrogens (tertiary/aromatic N) is 1. The van der Waals surface area contributed by atoms with E-state index in [1.54, 1.807) is 0 Å². The molecule has 0 radical (unpaired) electrons. The van der Waals surface area contributed by atoms with Gasteiger partial charge < -0.3 is 0 Å². The molecule has 0 bridgehead atoms. The zero-order chi connectivity index (χ0) is 14.6. The van der Waals surface area contributed by atoms with E-state index in [4.69, 9.17) is 5.84 Å². The summed E-state index contributed by atoms with van der Waals surface area (Å²) >= 11 is 0. The molecule has 1 aromatic carbocycles. The molecule has 3 N–H and O–H groups in total. The predicted molar refractivity (Wildman–Crippen MR) is 80.6 cm³/mol. The Hall–Kier alpha value is -0.970. The SMILES string of the molecule is CCN(CC)C1(C(NN)c2ccc(F)cc2)CCCC1. The largest absolute Gasteiger partial charge is 0.296 e. The summed E-state index contributed by atoms with van der Waals surface area (Å²) in [7, 11) is 0. The molecule has 0 heterocycles. The average molecular weight is 279 g/mol. The lowest BCUT2D eigenvalue weighted by molar-refractivity contribution is 0.0626. The van der Waals surface area contributed by atoms with Gasteiger partial charge in [0, 0.05) is 5.54 Å². The highest BCUT2D eigenvalue weighted by atomic mass is 19.1. The van der Waals surface area contributed by atoms with E-state index in [1.165, 1.54) is 25.0 Å². The third-order valence-corrected chi connectivity index (χ3v) is 4.77. The Balaban J connectivity index is 2.37. The molecule has 3 nitrogen and oxygen atoms in total. The topological polar surface area (TPSA) is 41.3 Å². The van der Waals surface area contributed by atoms with E-state index >= 15 is 0 Å². The Morgan fingerprint density at radius 1 is 1.20 bits per heavy atom. The van der Waals surface area contributed by atoms with Gasteiger partial charge in [0.25, 0.3) is 0 Å². The van der Waals surface area contributed by atoms with Crippen LogP contribution in [0.1, 0.15) is 51.1 Å². The Bertz CT molecular complexity index is 408. The van der Waals surface area contributed by atoms with Crippen LogP contribution in [-0.4, -0.2) is 23.5 Å². The van der Waals surface area contributed by atoms with Crippen LogP contribution in [0, 0.1) is 5.82 Å². The minimum atomic E-state index is -0.201. The number of hydrogen-bond donors (Lipinski definition) is 2. The summed E-state index contributed by atoms with van der Waals surface area (Å²) in [6.45, 7) is 6.41. The molecule has 0 saturated heterocycles. The highest BCUT2D eigenvalue weighted by molar-refractivity contribution is 5.25. The number of hydrogen-bond acceptors (Lipinski definition) is 3. The summed E-state index contributed by atoms with van der Waals surface area (Å²) in [6.07, 6.45) is 4.74. The molecular formula is C16H26FN3. The number of nitrogens with one attached hydrogen (secondary N) is 1. The van der Waals surface area contributed by atoms with E-state index in [0.717, 1.165) is 31.5 Å². The van der Waals surface area contributed by atoms with Crippen LogP contribution in [-0.2, 0) is 0 Å². The fourth-order valence-corrected chi connectivity index (χ4v) is 3.84. The molecule has 1 atom stereocenters. The van der Waals surface area contributed by atoms with Crippen molar-refractivity contribution in [3.05, 3.63) is 35.6 Å². The van der Waals surface area contributed by atoms with Gasteiger partial charge in [-0.2, -0.15) is 0 Å². The monoisotopic (exact) mass is 279 g/mol. The number of halogens is 1. The van der Waals surface area contributed by atoms with Crippen molar-refractivity contribution < 1.29 is 4.39 Å². The van der Waals surface area contributed by atoms with Crippen molar-refractivity contribution in [2.24, 2.45) is 5.84 Å². The second-order valence-electron chi connectivity index (χ2n) is 5.63. The van der Waals surface area contributed by atoms with Gasteiger partial charge in [-0.1, -0.05) is 38.8 Å². The molecule has 4 heteroatoms. The summed E-state index contributed by atoms with van der Waals surface area (Å²) in [4.78, 5) is 2.51. The van der Waals surface area contributed by atoms with Crippen molar-refractivity contribution in [2.75, 3.05) is 13.1 Å². The maximum atomic E-state index is 13.2. The molecule has 20 heavy (non-hydrogen) atoms. The normalized spacial score (nSPS) is 19.4. The quantitative estimate of drug-likeness (QED) is 0.621. The first-order valence-electron chi connectivity index (χ1n) is 7.64. The third kappa shape index (κ3) is 2.73. The second-order valence-corrected chi connectivity index (χ2v) is 5.63. The van der Waals surface area contributed by atoms with Crippen molar-refractivity contribution in [3.63, 3.8) is 0 Å². The van der Waals surface area contributed by atoms with Crippen LogP contribution < -0.4 is 11.3 Å². The molecule has 0 aromatic heterocycles. The van der Waals surface area contributed by atoms with E-state index in [9.17, 15) is 4.39 Å². The van der Waals surface area contributed by atoms with E-state index in [2.05, 4.69) is 24.2 Å². The Morgan fingerprint density at radius 2 is 1.75 bits per heavy atom. The van der Waals surface area contributed by atoms with E-state index in [0.29, 0.717) is 0 Å². The molecule has 2 rings (SSSR count). The molecule has 112 valence electrons. The molecule has 1 aliphatic carbocycles. The fourth-order valence-electron chi connectivity index (χ4n) is 3.84. The number of nitrogens with two attached hydrogens (primary N) is 1. The first-order valence-corrected chi connectivity index (χ1v) is 7.64. The van der Waals surface area contributed by atoms with Crippen molar-refractivity contribution in [1.82, 2.24) is 10.3 Å². The van der Waals surface area contributed by atoms with Gasteiger partial charge >= 0.3 is 0 Å². The molecule has 1 aromatic rings. The Kier molecular flexibility index (Phi) is 5.13. The smallest absolute Gasteiger partial charge is 0.123 e. The maximum Gasteiger partial charge on any atom is 0.123 e. The summed E-state index contributed by atoms with van der Waals surface area (Å²) < 4.78 is 13.2. The van der Waals surface area contributed by atoms with E-state index < -0.39 is 0 Å². The predicted octanol–water partition coefficient (Wildman–Crippen LogP) is 2.98. The Labute approximate surface area is 121 Å². The number of benzene rings is 1. The molecule has 1 unspecified atom stereocenters. The minimum absolute atomic E-state index is 0.0468.